The molecule has 8 heteroatoms. The number of nitrogens with zero attached hydrogens (tertiary/aromatic N) is 2. The van der Waals surface area contributed by atoms with Crippen LogP contribution in [0, 0.1) is 23.5 Å². The first-order chi connectivity index (χ1) is 41.2. The van der Waals surface area contributed by atoms with Crippen molar-refractivity contribution in [3.05, 3.63) is 66.7 Å². The van der Waals surface area contributed by atoms with Gasteiger partial charge in [-0.25, -0.2) is 18.7 Å². The molecule has 2 unspecified atom stereocenters. The van der Waals surface area contributed by atoms with Crippen LogP contribution in [0.15, 0.2) is 44.0 Å². The molecule has 5 aromatic rings. The molecular formula is C76H120Br2F2N2S2. The van der Waals surface area contributed by atoms with Gasteiger partial charge in [0.2, 0.25) is 0 Å². The second-order valence-corrected chi connectivity index (χ2v) is 30.9. The highest BCUT2D eigenvalue weighted by Gasteiger charge is 2.21. The van der Waals surface area contributed by atoms with Gasteiger partial charge in [-0.15, -0.1) is 22.7 Å². The summed E-state index contributed by atoms with van der Waals surface area (Å²) in [5.41, 5.74) is 5.36. The second kappa shape index (κ2) is 46.4. The lowest BCUT2D eigenvalue weighted by atomic mass is 9.89. The van der Waals surface area contributed by atoms with Gasteiger partial charge in [0.05, 0.1) is 18.6 Å². The van der Waals surface area contributed by atoms with Crippen LogP contribution in [0.5, 0.6) is 0 Å². The average molecular weight is 1320 g/mol. The van der Waals surface area contributed by atoms with Gasteiger partial charge in [0.25, 0.3) is 0 Å². The van der Waals surface area contributed by atoms with Gasteiger partial charge in [-0.1, -0.05) is 336 Å². The van der Waals surface area contributed by atoms with E-state index in [1.165, 1.54) is 319 Å². The lowest BCUT2D eigenvalue weighted by Gasteiger charge is -2.17. The van der Waals surface area contributed by atoms with Crippen molar-refractivity contribution in [1.29, 1.82) is 0 Å². The van der Waals surface area contributed by atoms with Crippen LogP contribution < -0.4 is 0 Å². The van der Waals surface area contributed by atoms with Crippen molar-refractivity contribution in [2.75, 3.05) is 0 Å². The topological polar surface area (TPSA) is 25.8 Å². The zero-order valence-corrected chi connectivity index (χ0v) is 59.0. The number of thiophene rings is 2. The number of unbranched alkanes of at least 4 members (excludes halogenated alkanes) is 40. The third kappa shape index (κ3) is 29.7. The third-order valence-electron chi connectivity index (χ3n) is 18.5. The predicted molar refractivity (Wildman–Crippen MR) is 378 cm³/mol. The summed E-state index contributed by atoms with van der Waals surface area (Å²) >= 11 is 11.3. The van der Waals surface area contributed by atoms with Crippen LogP contribution in [-0.2, 0) is 12.8 Å². The van der Waals surface area contributed by atoms with E-state index in [1.807, 2.05) is 12.1 Å². The Balaban J connectivity index is 1.20. The van der Waals surface area contributed by atoms with Gasteiger partial charge in [0, 0.05) is 9.75 Å². The summed E-state index contributed by atoms with van der Waals surface area (Å²) in [4.78, 5) is 11.6. The summed E-state index contributed by atoms with van der Waals surface area (Å²) in [7, 11) is 0. The van der Waals surface area contributed by atoms with Crippen molar-refractivity contribution < 1.29 is 8.78 Å². The summed E-state index contributed by atoms with van der Waals surface area (Å²) in [6.45, 7) is 9.19. The fraction of sp³-hybridized carbons (Fsp3) is 0.737. The number of hydrogen-bond acceptors (Lipinski definition) is 4. The smallest absolute Gasteiger partial charge is 0.151 e. The highest BCUT2D eigenvalue weighted by molar-refractivity contribution is 9.11. The van der Waals surface area contributed by atoms with E-state index in [0.717, 1.165) is 41.3 Å². The normalized spacial score (nSPS) is 12.7. The van der Waals surface area contributed by atoms with Gasteiger partial charge in [0.1, 0.15) is 11.0 Å². The van der Waals surface area contributed by atoms with Gasteiger partial charge in [-0.3, -0.25) is 0 Å². The van der Waals surface area contributed by atoms with Crippen molar-refractivity contribution in [3.8, 4) is 20.9 Å². The van der Waals surface area contributed by atoms with Crippen molar-refractivity contribution in [2.24, 2.45) is 11.8 Å². The zero-order chi connectivity index (χ0) is 59.7. The van der Waals surface area contributed by atoms with Crippen LogP contribution in [0.25, 0.3) is 42.9 Å². The van der Waals surface area contributed by atoms with Crippen molar-refractivity contribution in [1.82, 2.24) is 9.97 Å². The molecule has 0 bridgehead atoms. The van der Waals surface area contributed by atoms with E-state index in [4.69, 9.17) is 9.97 Å². The molecule has 0 aliphatic rings. The first-order valence-corrected chi connectivity index (χ1v) is 39.1. The monoisotopic (exact) mass is 1320 g/mol. The highest BCUT2D eigenvalue weighted by Crippen LogP contribution is 2.42. The Labute approximate surface area is 539 Å². The number of benzene rings is 2. The van der Waals surface area contributed by atoms with Crippen molar-refractivity contribution in [3.63, 3.8) is 0 Å². The third-order valence-corrected chi connectivity index (χ3v) is 22.5. The number of rotatable bonds is 54. The molecule has 474 valence electrons. The van der Waals surface area contributed by atoms with Crippen LogP contribution in [-0.4, -0.2) is 9.97 Å². The Bertz CT molecular complexity index is 2280. The molecule has 0 aliphatic carbocycles. The Morgan fingerprint density at radius 3 is 0.786 bits per heavy atom. The van der Waals surface area contributed by atoms with E-state index in [9.17, 15) is 0 Å². The summed E-state index contributed by atoms with van der Waals surface area (Å²) in [6.07, 6.45) is 67.5. The van der Waals surface area contributed by atoms with Gasteiger partial charge >= 0.3 is 0 Å². The Morgan fingerprint density at radius 2 is 0.548 bits per heavy atom. The molecule has 3 heterocycles. The number of aromatic nitrogens is 2. The Morgan fingerprint density at radius 1 is 0.321 bits per heavy atom. The van der Waals surface area contributed by atoms with Crippen LogP contribution in [0.2, 0.25) is 0 Å². The van der Waals surface area contributed by atoms with Crippen LogP contribution in [0.4, 0.5) is 8.78 Å². The minimum Gasteiger partial charge on any atom is -0.241 e. The van der Waals surface area contributed by atoms with Gasteiger partial charge in [-0.2, -0.15) is 0 Å². The van der Waals surface area contributed by atoms with Crippen LogP contribution in [0.3, 0.4) is 0 Å². The quantitative estimate of drug-likeness (QED) is 0.0286. The molecule has 0 N–H and O–H groups in total. The lowest BCUT2D eigenvalue weighted by molar-refractivity contribution is 0.399. The van der Waals surface area contributed by atoms with Crippen LogP contribution in [0.1, 0.15) is 347 Å². The van der Waals surface area contributed by atoms with Gasteiger partial charge in [-0.05, 0) is 115 Å². The zero-order valence-electron chi connectivity index (χ0n) is 54.2. The molecule has 84 heavy (non-hydrogen) atoms. The molecule has 0 saturated carbocycles. The Hall–Kier alpha value is -1.74. The highest BCUT2D eigenvalue weighted by atomic mass is 79.9. The van der Waals surface area contributed by atoms with E-state index in [0.29, 0.717) is 22.9 Å². The number of halogens is 4. The second-order valence-electron chi connectivity index (χ2n) is 26.1. The minimum absolute atomic E-state index is 0.193. The average Bonchev–Trinajstić information content (AvgIpc) is 4.02. The Kier molecular flexibility index (Phi) is 40.3. The summed E-state index contributed by atoms with van der Waals surface area (Å²) < 4.78 is 35.1. The molecule has 5 rings (SSSR count). The summed E-state index contributed by atoms with van der Waals surface area (Å²) in [6, 6.07) is 11.6. The summed E-state index contributed by atoms with van der Waals surface area (Å²) in [5, 5.41) is 0. The minimum atomic E-state index is -0.414. The molecule has 0 radical (unpaired) electrons. The number of fused-ring (bicyclic) bond motifs is 2. The van der Waals surface area contributed by atoms with Crippen LogP contribution >= 0.6 is 54.5 Å². The predicted octanol–water partition coefficient (Wildman–Crippen LogP) is 29.2. The van der Waals surface area contributed by atoms with Crippen molar-refractivity contribution >= 4 is 76.6 Å². The van der Waals surface area contributed by atoms with E-state index in [2.05, 4.69) is 71.7 Å². The van der Waals surface area contributed by atoms with Gasteiger partial charge < -0.3 is 0 Å². The maximum Gasteiger partial charge on any atom is 0.151 e. The molecule has 2 atom stereocenters. The maximum absolute atomic E-state index is 16.4. The molecule has 0 aliphatic heterocycles. The molecule has 0 spiro atoms. The molecule has 0 amide bonds. The number of hydrogen-bond donors (Lipinski definition) is 0. The standard InChI is InChI=1S/C76H120Br2F2N2S2/c1-5-9-13-17-21-25-29-31-35-39-43-47-51-61(49-45-41-37-33-27-23-19-15-11-7-3)53-65-59-71(83-75(65)77)63-55-67(79)73-69(57-63)81-74-68(80)56-64(58-70(74)82-73)72-60-66(76(78)84-72)54-62(50-46-42-38-34-28-24-20-16-12-8-4)52-48-44-40-36-32-30-26-22-18-14-10-6-2/h55-62H,5-54H2,1-4H3. The van der Waals surface area contributed by atoms with E-state index >= 15 is 8.78 Å². The van der Waals surface area contributed by atoms with Gasteiger partial charge in [0.15, 0.2) is 11.6 Å². The molecular weight excluding hydrogens is 1200 g/mol. The fourth-order valence-corrected chi connectivity index (χ4v) is 16.6. The largest absolute Gasteiger partial charge is 0.241 e. The molecule has 2 aromatic carbocycles. The molecule has 0 fully saturated rings. The maximum atomic E-state index is 16.4. The SMILES string of the molecule is CCCCCCCCCCCCCCC(CCCCCCCCCCCC)Cc1cc(-c2cc(F)c3nc4cc(-c5cc(CC(CCCCCCCCCCCC)CCCCCCCCCCCCCC)c(Br)s5)cc(F)c4nc3c2)sc1Br. The molecule has 0 saturated heterocycles. The summed E-state index contributed by atoms with van der Waals surface area (Å²) in [5.74, 6) is 0.460. The first-order valence-electron chi connectivity index (χ1n) is 35.9. The van der Waals surface area contributed by atoms with E-state index in [1.54, 1.807) is 34.8 Å². The first kappa shape index (κ1) is 73.0. The van der Waals surface area contributed by atoms with Crippen molar-refractivity contribution in [2.45, 2.75) is 349 Å². The molecule has 2 nitrogen and oxygen atoms in total. The fourth-order valence-electron chi connectivity index (χ4n) is 13.2. The van der Waals surface area contributed by atoms with E-state index in [-0.39, 0.29) is 11.0 Å². The molecule has 3 aromatic heterocycles. The lowest BCUT2D eigenvalue weighted by Crippen LogP contribution is -2.05. The van der Waals surface area contributed by atoms with E-state index < -0.39 is 11.6 Å².